The number of ether oxygens (including phenoxy) is 2. The molecule has 2 aromatic carbocycles. The zero-order valence-electron chi connectivity index (χ0n) is 30.6. The van der Waals surface area contributed by atoms with Gasteiger partial charge in [0.25, 0.3) is 0 Å². The molecule has 0 bridgehead atoms. The molecule has 7 rings (SSSR count). The molecule has 2 aliphatic rings. The summed E-state index contributed by atoms with van der Waals surface area (Å²) >= 11 is 6.72. The highest BCUT2D eigenvalue weighted by Gasteiger charge is 2.30. The predicted molar refractivity (Wildman–Crippen MR) is 204 cm³/mol. The number of aromatic nitrogens is 5. The number of fused-ring (bicyclic) bond motifs is 2. The van der Waals surface area contributed by atoms with Gasteiger partial charge in [-0.3, -0.25) is 9.72 Å². The second-order valence-electron chi connectivity index (χ2n) is 14.9. The molecule has 0 saturated carbocycles. The van der Waals surface area contributed by atoms with Crippen LogP contribution >= 0.6 is 11.6 Å². The number of piperidine rings is 1. The van der Waals surface area contributed by atoms with Crippen molar-refractivity contribution in [2.45, 2.75) is 70.4 Å². The standard InChI is InChI=1S/C39H48ClN9O3/c1-39(2,3)34-24-36(49(45-34)32-23-26(13-15-30(32)40)51-22-21-46(4)5)42-37(50)41-31-16-17-33(29-12-8-7-11-28(29)31)52-27-14-18-35-43-44-38(48(35)25-27)47-19-9-6-10-20-47/h7-8,11-15,18,23-25,31,33H,6,9-10,16-17,19-22H2,1-5H3,(H2,41,42,50)/t31-,33+/m0/s1. The Balaban J connectivity index is 1.08. The minimum atomic E-state index is -0.335. The largest absolute Gasteiger partial charge is 0.492 e. The maximum atomic E-state index is 13.7. The van der Waals surface area contributed by atoms with Gasteiger partial charge in [0.05, 0.1) is 28.6 Å². The van der Waals surface area contributed by atoms with Crippen LogP contribution in [0, 0.1) is 0 Å². The van der Waals surface area contributed by atoms with Crippen LogP contribution in [0.5, 0.6) is 11.5 Å². The normalized spacial score (nSPS) is 17.6. The Labute approximate surface area is 310 Å². The number of carbonyl (C=O) groups is 1. The van der Waals surface area contributed by atoms with Crippen molar-refractivity contribution in [3.8, 4) is 17.2 Å². The molecular weight excluding hydrogens is 678 g/mol. The third kappa shape index (κ3) is 7.83. The Hall–Kier alpha value is -4.81. The molecular formula is C39H48ClN9O3. The lowest BCUT2D eigenvalue weighted by atomic mass is 9.85. The molecule has 0 spiro atoms. The summed E-state index contributed by atoms with van der Waals surface area (Å²) in [5, 5.41) is 20.6. The van der Waals surface area contributed by atoms with Gasteiger partial charge in [0.2, 0.25) is 5.95 Å². The topological polar surface area (TPSA) is 114 Å². The van der Waals surface area contributed by atoms with Gasteiger partial charge >= 0.3 is 6.03 Å². The summed E-state index contributed by atoms with van der Waals surface area (Å²) in [7, 11) is 4.00. The zero-order chi connectivity index (χ0) is 36.4. The number of carbonyl (C=O) groups excluding carboxylic acids is 1. The van der Waals surface area contributed by atoms with Crippen LogP contribution < -0.4 is 25.0 Å². The highest BCUT2D eigenvalue weighted by molar-refractivity contribution is 6.32. The van der Waals surface area contributed by atoms with E-state index < -0.39 is 0 Å². The summed E-state index contributed by atoms with van der Waals surface area (Å²) in [6.07, 6.45) is 6.82. The first-order valence-electron chi connectivity index (χ1n) is 18.1. The van der Waals surface area contributed by atoms with Crippen molar-refractivity contribution in [3.63, 3.8) is 0 Å². The third-order valence-electron chi connectivity index (χ3n) is 9.69. The van der Waals surface area contributed by atoms with E-state index in [2.05, 4.69) is 63.5 Å². The fourth-order valence-electron chi connectivity index (χ4n) is 6.85. The number of hydrogen-bond acceptors (Lipinski definition) is 8. The summed E-state index contributed by atoms with van der Waals surface area (Å²) in [5.41, 5.74) is 4.04. The summed E-state index contributed by atoms with van der Waals surface area (Å²) < 4.78 is 16.4. The van der Waals surface area contributed by atoms with E-state index in [-0.39, 0.29) is 23.6 Å². The van der Waals surface area contributed by atoms with Crippen LogP contribution in [0.2, 0.25) is 5.02 Å². The molecule has 1 aliphatic carbocycles. The first-order chi connectivity index (χ1) is 25.0. The summed E-state index contributed by atoms with van der Waals surface area (Å²) in [6.45, 7) is 9.52. The van der Waals surface area contributed by atoms with Gasteiger partial charge < -0.3 is 24.6 Å². The molecule has 12 nitrogen and oxygen atoms in total. The summed E-state index contributed by atoms with van der Waals surface area (Å²) in [4.78, 5) is 18.1. The van der Waals surface area contributed by atoms with Crippen molar-refractivity contribution in [2.24, 2.45) is 0 Å². The van der Waals surface area contributed by atoms with Gasteiger partial charge in [-0.2, -0.15) is 5.10 Å². The molecule has 5 aromatic rings. The van der Waals surface area contributed by atoms with Gasteiger partial charge in [-0.25, -0.2) is 9.48 Å². The van der Waals surface area contributed by atoms with E-state index in [4.69, 9.17) is 26.2 Å². The minimum Gasteiger partial charge on any atom is -0.492 e. The van der Waals surface area contributed by atoms with Crippen molar-refractivity contribution >= 4 is 35.0 Å². The molecule has 274 valence electrons. The van der Waals surface area contributed by atoms with Gasteiger partial charge in [0.15, 0.2) is 5.65 Å². The first kappa shape index (κ1) is 35.6. The maximum absolute atomic E-state index is 13.7. The monoisotopic (exact) mass is 725 g/mol. The molecule has 2 atom stereocenters. The molecule has 1 saturated heterocycles. The van der Waals surface area contributed by atoms with E-state index in [0.29, 0.717) is 35.3 Å². The Kier molecular flexibility index (Phi) is 10.3. The highest BCUT2D eigenvalue weighted by atomic mass is 35.5. The number of pyridine rings is 1. The van der Waals surface area contributed by atoms with Crippen molar-refractivity contribution in [2.75, 3.05) is 50.6 Å². The second-order valence-corrected chi connectivity index (χ2v) is 15.4. The minimum absolute atomic E-state index is 0.171. The van der Waals surface area contributed by atoms with Crippen molar-refractivity contribution in [1.29, 1.82) is 0 Å². The lowest BCUT2D eigenvalue weighted by Crippen LogP contribution is -2.36. The van der Waals surface area contributed by atoms with Gasteiger partial charge in [0.1, 0.15) is 30.0 Å². The Morgan fingerprint density at radius 3 is 2.50 bits per heavy atom. The quantitative estimate of drug-likeness (QED) is 0.152. The Bertz CT molecular complexity index is 2030. The van der Waals surface area contributed by atoms with Crippen LogP contribution in [-0.4, -0.2) is 75.6 Å². The number of hydrogen-bond donors (Lipinski definition) is 2. The number of anilines is 2. The average molecular weight is 726 g/mol. The van der Waals surface area contributed by atoms with Crippen LogP contribution in [0.4, 0.5) is 16.6 Å². The van der Waals surface area contributed by atoms with Crippen molar-refractivity contribution < 1.29 is 14.3 Å². The summed E-state index contributed by atoms with van der Waals surface area (Å²) in [5.74, 6) is 2.79. The van der Waals surface area contributed by atoms with Gasteiger partial charge in [-0.05, 0) is 81.6 Å². The molecule has 0 radical (unpaired) electrons. The zero-order valence-corrected chi connectivity index (χ0v) is 31.4. The van der Waals surface area contributed by atoms with Gasteiger partial charge in [0, 0.05) is 37.2 Å². The first-order valence-corrected chi connectivity index (χ1v) is 18.5. The molecule has 52 heavy (non-hydrogen) atoms. The molecule has 13 heteroatoms. The average Bonchev–Trinajstić information content (AvgIpc) is 3.75. The third-order valence-corrected chi connectivity index (χ3v) is 10.0. The van der Waals surface area contributed by atoms with E-state index in [1.807, 2.05) is 67.2 Å². The van der Waals surface area contributed by atoms with Crippen molar-refractivity contribution in [1.82, 2.24) is 34.6 Å². The fraction of sp³-hybridized carbons (Fsp3) is 0.436. The number of urea groups is 1. The molecule has 3 aromatic heterocycles. The van der Waals surface area contributed by atoms with E-state index in [0.717, 1.165) is 73.1 Å². The highest BCUT2D eigenvalue weighted by Crippen LogP contribution is 2.39. The molecule has 2 N–H and O–H groups in total. The number of benzene rings is 2. The van der Waals surface area contributed by atoms with E-state index in [1.54, 1.807) is 10.7 Å². The summed E-state index contributed by atoms with van der Waals surface area (Å²) in [6, 6.07) is 18.9. The number of nitrogens with zero attached hydrogens (tertiary/aromatic N) is 7. The molecule has 4 heterocycles. The number of halogens is 1. The van der Waals surface area contributed by atoms with E-state index >= 15 is 0 Å². The van der Waals surface area contributed by atoms with Crippen LogP contribution in [0.25, 0.3) is 11.3 Å². The van der Waals surface area contributed by atoms with Crippen LogP contribution in [0.3, 0.4) is 0 Å². The predicted octanol–water partition coefficient (Wildman–Crippen LogP) is 7.57. The lowest BCUT2D eigenvalue weighted by molar-refractivity contribution is 0.171. The fourth-order valence-corrected chi connectivity index (χ4v) is 7.04. The smallest absolute Gasteiger partial charge is 0.320 e. The van der Waals surface area contributed by atoms with Crippen LogP contribution in [0.15, 0.2) is 66.9 Å². The SMILES string of the molecule is CN(C)CCOc1ccc(Cl)c(-n2nc(C(C)(C)C)cc2NC(=O)N[C@H]2CC[C@@H](Oc3ccc4nnc(N5CCCCC5)n4c3)c3ccccc32)c1. The molecule has 0 unspecified atom stereocenters. The number of likely N-dealkylation sites (N-methyl/N-ethyl adjacent to an activating group) is 1. The molecule has 1 fully saturated rings. The number of nitrogens with one attached hydrogen (secondary N) is 2. The Morgan fingerprint density at radius 2 is 1.73 bits per heavy atom. The van der Waals surface area contributed by atoms with Crippen LogP contribution in [-0.2, 0) is 5.41 Å². The van der Waals surface area contributed by atoms with E-state index in [1.165, 1.54) is 6.42 Å². The molecule has 1 aliphatic heterocycles. The maximum Gasteiger partial charge on any atom is 0.320 e. The molecule has 2 amide bonds. The van der Waals surface area contributed by atoms with E-state index in [9.17, 15) is 4.79 Å². The number of amides is 2. The van der Waals surface area contributed by atoms with Gasteiger partial charge in [-0.15, -0.1) is 10.2 Å². The van der Waals surface area contributed by atoms with Crippen LogP contribution in [0.1, 0.15) is 81.8 Å². The van der Waals surface area contributed by atoms with Gasteiger partial charge in [-0.1, -0.05) is 56.6 Å². The lowest BCUT2D eigenvalue weighted by Gasteiger charge is -2.32. The number of rotatable bonds is 10. The Morgan fingerprint density at radius 1 is 0.962 bits per heavy atom. The van der Waals surface area contributed by atoms with Crippen molar-refractivity contribution in [3.05, 3.63) is 88.7 Å². The second kappa shape index (κ2) is 15.0.